The van der Waals surface area contributed by atoms with Crippen LogP contribution in [0.4, 0.5) is 16.2 Å². The van der Waals surface area contributed by atoms with Crippen LogP contribution in [0.3, 0.4) is 0 Å². The van der Waals surface area contributed by atoms with E-state index in [0.29, 0.717) is 6.54 Å². The van der Waals surface area contributed by atoms with E-state index in [1.165, 1.54) is 0 Å². The molecule has 25 heavy (non-hydrogen) atoms. The smallest absolute Gasteiger partial charge is 0.404 e. The highest BCUT2D eigenvalue weighted by atomic mass is 16.4. The molecule has 1 aliphatic carbocycles. The van der Waals surface area contributed by atoms with Gasteiger partial charge in [0.05, 0.1) is 11.9 Å². The molecule has 0 atom stereocenters. The Hall–Kier alpha value is -2.76. The molecule has 0 saturated heterocycles. The van der Waals surface area contributed by atoms with Crippen molar-refractivity contribution in [2.24, 2.45) is 5.41 Å². The Balaban J connectivity index is 1.77. The van der Waals surface area contributed by atoms with Crippen molar-refractivity contribution >= 4 is 17.5 Å². The van der Waals surface area contributed by atoms with Crippen molar-refractivity contribution in [1.82, 2.24) is 10.3 Å². The molecule has 0 bridgehead atoms. The third-order valence-electron chi connectivity index (χ3n) is 4.88. The molecule has 1 fully saturated rings. The van der Waals surface area contributed by atoms with Crippen molar-refractivity contribution in [2.45, 2.75) is 19.8 Å². The largest absolute Gasteiger partial charge is 0.465 e. The molecule has 0 unspecified atom stereocenters. The fraction of sp³-hybridized carbons (Fsp3) is 0.368. The summed E-state index contributed by atoms with van der Waals surface area (Å²) >= 11 is 0. The molecule has 2 aromatic rings. The number of hydrogen-bond donors (Lipinski definition) is 3. The quantitative estimate of drug-likeness (QED) is 0.703. The van der Waals surface area contributed by atoms with Crippen molar-refractivity contribution in [3.63, 3.8) is 0 Å². The molecule has 4 N–H and O–H groups in total. The number of aromatic nitrogens is 1. The van der Waals surface area contributed by atoms with Gasteiger partial charge in [-0.3, -0.25) is 4.98 Å². The van der Waals surface area contributed by atoms with Gasteiger partial charge in [0.2, 0.25) is 0 Å². The number of amides is 1. The second-order valence-electron chi connectivity index (χ2n) is 6.96. The summed E-state index contributed by atoms with van der Waals surface area (Å²) in [5.41, 5.74) is 10.7. The van der Waals surface area contributed by atoms with Crippen molar-refractivity contribution in [3.05, 3.63) is 42.2 Å². The van der Waals surface area contributed by atoms with Gasteiger partial charge in [-0.1, -0.05) is 12.1 Å². The number of rotatable bonds is 6. The van der Waals surface area contributed by atoms with Gasteiger partial charge in [0.25, 0.3) is 0 Å². The zero-order valence-corrected chi connectivity index (χ0v) is 14.6. The summed E-state index contributed by atoms with van der Waals surface area (Å²) in [4.78, 5) is 17.4. The number of nitrogen functional groups attached to an aromatic ring is 1. The summed E-state index contributed by atoms with van der Waals surface area (Å²) in [7, 11) is 2.03. The number of aryl methyl sites for hydroxylation is 1. The van der Waals surface area contributed by atoms with Gasteiger partial charge in [-0.15, -0.1) is 0 Å². The Morgan fingerprint density at radius 3 is 2.64 bits per heavy atom. The molecule has 1 aliphatic rings. The van der Waals surface area contributed by atoms with Crippen LogP contribution in [0, 0.1) is 12.3 Å². The van der Waals surface area contributed by atoms with E-state index < -0.39 is 6.09 Å². The lowest BCUT2D eigenvalue weighted by Gasteiger charge is -2.26. The summed E-state index contributed by atoms with van der Waals surface area (Å²) < 4.78 is 0. The highest BCUT2D eigenvalue weighted by Crippen LogP contribution is 2.46. The second-order valence-corrected chi connectivity index (χ2v) is 6.96. The molecule has 132 valence electrons. The number of carboxylic acid groups (broad SMARTS) is 1. The predicted molar refractivity (Wildman–Crippen MR) is 99.8 cm³/mol. The molecule has 1 saturated carbocycles. The van der Waals surface area contributed by atoms with E-state index in [1.54, 1.807) is 0 Å². The second kappa shape index (κ2) is 6.63. The Kier molecular flexibility index (Phi) is 4.53. The van der Waals surface area contributed by atoms with Crippen LogP contribution in [0.15, 0.2) is 36.5 Å². The molecule has 1 aromatic carbocycles. The van der Waals surface area contributed by atoms with Gasteiger partial charge in [-0.2, -0.15) is 0 Å². The number of nitrogens with two attached hydrogens (primary N) is 1. The van der Waals surface area contributed by atoms with Gasteiger partial charge in [0.1, 0.15) is 0 Å². The van der Waals surface area contributed by atoms with Crippen molar-refractivity contribution in [3.8, 4) is 11.1 Å². The van der Waals surface area contributed by atoms with E-state index in [0.717, 1.165) is 47.6 Å². The molecule has 0 spiro atoms. The number of hydrogen-bond acceptors (Lipinski definition) is 4. The van der Waals surface area contributed by atoms with Crippen LogP contribution < -0.4 is 16.0 Å². The molecular formula is C19H24N4O2. The molecule has 1 heterocycles. The third kappa shape index (κ3) is 4.02. The molecule has 6 heteroatoms. The first-order valence-corrected chi connectivity index (χ1v) is 8.39. The fourth-order valence-electron chi connectivity index (χ4n) is 3.11. The summed E-state index contributed by atoms with van der Waals surface area (Å²) in [5, 5.41) is 11.3. The van der Waals surface area contributed by atoms with Crippen LogP contribution in [0.1, 0.15) is 18.5 Å². The molecular weight excluding hydrogens is 316 g/mol. The van der Waals surface area contributed by atoms with Crippen molar-refractivity contribution < 1.29 is 9.90 Å². The third-order valence-corrected chi connectivity index (χ3v) is 4.88. The molecule has 0 radical (unpaired) electrons. The Morgan fingerprint density at radius 2 is 2.04 bits per heavy atom. The average Bonchev–Trinajstić information content (AvgIpc) is 3.34. The van der Waals surface area contributed by atoms with Crippen LogP contribution in [-0.4, -0.2) is 36.3 Å². The first kappa shape index (κ1) is 17.1. The highest BCUT2D eigenvalue weighted by Gasteiger charge is 2.43. The van der Waals surface area contributed by atoms with Crippen molar-refractivity contribution in [2.75, 3.05) is 30.8 Å². The predicted octanol–water partition coefficient (Wildman–Crippen LogP) is 3.12. The fourth-order valence-corrected chi connectivity index (χ4v) is 3.11. The van der Waals surface area contributed by atoms with Gasteiger partial charge < -0.3 is 21.1 Å². The van der Waals surface area contributed by atoms with E-state index in [1.807, 2.05) is 44.4 Å². The summed E-state index contributed by atoms with van der Waals surface area (Å²) in [6.45, 7) is 3.30. The number of carbonyl (C=O) groups is 1. The first-order valence-electron chi connectivity index (χ1n) is 8.39. The zero-order chi connectivity index (χ0) is 18.0. The zero-order valence-electron chi connectivity index (χ0n) is 14.6. The molecule has 0 aliphatic heterocycles. The molecule has 1 aromatic heterocycles. The summed E-state index contributed by atoms with van der Waals surface area (Å²) in [6, 6.07) is 9.92. The monoisotopic (exact) mass is 340 g/mol. The van der Waals surface area contributed by atoms with E-state index in [4.69, 9.17) is 10.8 Å². The van der Waals surface area contributed by atoms with Gasteiger partial charge in [0, 0.05) is 42.5 Å². The molecule has 3 rings (SSSR count). The van der Waals surface area contributed by atoms with Crippen LogP contribution in [0.25, 0.3) is 11.1 Å². The van der Waals surface area contributed by atoms with Gasteiger partial charge in [0.15, 0.2) is 0 Å². The van der Waals surface area contributed by atoms with Crippen LogP contribution in [0.2, 0.25) is 0 Å². The van der Waals surface area contributed by atoms with E-state index >= 15 is 0 Å². The maximum absolute atomic E-state index is 10.7. The minimum atomic E-state index is -0.962. The maximum Gasteiger partial charge on any atom is 0.404 e. The number of nitrogens with one attached hydrogen (secondary N) is 1. The first-order chi connectivity index (χ1) is 11.9. The van der Waals surface area contributed by atoms with Crippen LogP contribution >= 0.6 is 0 Å². The lowest BCUT2D eigenvalue weighted by atomic mass is 10.0. The lowest BCUT2D eigenvalue weighted by molar-refractivity contribution is 0.191. The Bertz CT molecular complexity index is 769. The SMILES string of the molecule is Cc1ncc(N(C)CC2(CNC(=O)O)CC2)cc1-c1ccc(N)cc1. The van der Waals surface area contributed by atoms with Crippen LogP contribution in [-0.2, 0) is 0 Å². The average molecular weight is 340 g/mol. The van der Waals surface area contributed by atoms with Gasteiger partial charge in [-0.25, -0.2) is 4.79 Å². The number of nitrogens with zero attached hydrogens (tertiary/aromatic N) is 2. The van der Waals surface area contributed by atoms with E-state index in [-0.39, 0.29) is 5.41 Å². The number of benzene rings is 1. The highest BCUT2D eigenvalue weighted by molar-refractivity contribution is 5.71. The summed E-state index contributed by atoms with van der Waals surface area (Å²) in [5.74, 6) is 0. The van der Waals surface area contributed by atoms with E-state index in [9.17, 15) is 4.79 Å². The van der Waals surface area contributed by atoms with Crippen molar-refractivity contribution in [1.29, 1.82) is 0 Å². The minimum absolute atomic E-state index is 0.0411. The van der Waals surface area contributed by atoms with E-state index in [2.05, 4.69) is 21.3 Å². The summed E-state index contributed by atoms with van der Waals surface area (Å²) in [6.07, 6.45) is 3.00. The number of pyridine rings is 1. The Labute approximate surface area is 147 Å². The lowest BCUT2D eigenvalue weighted by Crippen LogP contribution is -2.36. The maximum atomic E-state index is 10.7. The molecule has 6 nitrogen and oxygen atoms in total. The normalized spacial score (nSPS) is 14.8. The minimum Gasteiger partial charge on any atom is -0.465 e. The molecule has 1 amide bonds. The Morgan fingerprint density at radius 1 is 1.36 bits per heavy atom. The standard InChI is InChI=1S/C19H24N4O2/c1-13-17(14-3-5-15(20)6-4-14)9-16(10-21-13)23(2)12-19(7-8-19)11-22-18(24)25/h3-6,9-10,22H,7-8,11-12,20H2,1-2H3,(H,24,25). The van der Waals surface area contributed by atoms with Gasteiger partial charge >= 0.3 is 6.09 Å². The number of anilines is 2. The van der Waals surface area contributed by atoms with Gasteiger partial charge in [-0.05, 0) is 43.5 Å². The topological polar surface area (TPSA) is 91.5 Å². The van der Waals surface area contributed by atoms with Crippen LogP contribution in [0.5, 0.6) is 0 Å².